The van der Waals surface area contributed by atoms with Crippen LogP contribution in [-0.2, 0) is 6.42 Å². The van der Waals surface area contributed by atoms with Gasteiger partial charge in [-0.05, 0) is 49.3 Å². The third-order valence-corrected chi connectivity index (χ3v) is 3.89. The molecule has 1 atom stereocenters. The van der Waals surface area contributed by atoms with Gasteiger partial charge in [0.2, 0.25) is 0 Å². The van der Waals surface area contributed by atoms with Crippen LogP contribution >= 0.6 is 0 Å². The molecule has 0 aliphatic rings. The summed E-state index contributed by atoms with van der Waals surface area (Å²) in [6.45, 7) is 9.99. The van der Waals surface area contributed by atoms with Crippen LogP contribution in [0, 0.1) is 11.2 Å². The SMILES string of the molecule is CCCNC(CCCc1cccc(OC)c1F)C(C)(C)C. The quantitative estimate of drug-likeness (QED) is 0.758. The molecule has 1 unspecified atom stereocenters. The first-order chi connectivity index (χ1) is 9.90. The fraction of sp³-hybridized carbons (Fsp3) is 0.667. The normalized spacial score (nSPS) is 13.2. The van der Waals surface area contributed by atoms with Gasteiger partial charge >= 0.3 is 0 Å². The van der Waals surface area contributed by atoms with Gasteiger partial charge in [0.25, 0.3) is 0 Å². The monoisotopic (exact) mass is 295 g/mol. The molecule has 1 N–H and O–H groups in total. The highest BCUT2D eigenvalue weighted by atomic mass is 19.1. The van der Waals surface area contributed by atoms with Gasteiger partial charge in [0.05, 0.1) is 7.11 Å². The van der Waals surface area contributed by atoms with Crippen molar-refractivity contribution in [3.05, 3.63) is 29.6 Å². The highest BCUT2D eigenvalue weighted by Crippen LogP contribution is 2.25. The van der Waals surface area contributed by atoms with E-state index in [1.165, 1.54) is 7.11 Å². The van der Waals surface area contributed by atoms with Crippen molar-refractivity contribution in [3.63, 3.8) is 0 Å². The highest BCUT2D eigenvalue weighted by Gasteiger charge is 2.23. The van der Waals surface area contributed by atoms with Crippen LogP contribution in [-0.4, -0.2) is 19.7 Å². The second-order valence-corrected chi connectivity index (χ2v) is 6.70. The molecule has 120 valence electrons. The minimum absolute atomic E-state index is 0.214. The van der Waals surface area contributed by atoms with Gasteiger partial charge in [-0.25, -0.2) is 4.39 Å². The molecule has 0 aliphatic carbocycles. The molecule has 0 saturated carbocycles. The second-order valence-electron chi connectivity index (χ2n) is 6.70. The first kappa shape index (κ1) is 18.0. The first-order valence-corrected chi connectivity index (χ1v) is 7.95. The summed E-state index contributed by atoms with van der Waals surface area (Å²) in [5.74, 6) is 0.123. The van der Waals surface area contributed by atoms with Gasteiger partial charge < -0.3 is 10.1 Å². The van der Waals surface area contributed by atoms with Crippen molar-refractivity contribution in [1.82, 2.24) is 5.32 Å². The van der Waals surface area contributed by atoms with Crippen LogP contribution in [0.25, 0.3) is 0 Å². The molecular weight excluding hydrogens is 265 g/mol. The molecule has 21 heavy (non-hydrogen) atoms. The second kappa shape index (κ2) is 8.38. The lowest BCUT2D eigenvalue weighted by molar-refractivity contribution is 0.251. The first-order valence-electron chi connectivity index (χ1n) is 7.95. The van der Waals surface area contributed by atoms with Crippen molar-refractivity contribution < 1.29 is 9.13 Å². The predicted octanol–water partition coefficient (Wildman–Crippen LogP) is 4.57. The van der Waals surface area contributed by atoms with E-state index in [-0.39, 0.29) is 11.2 Å². The summed E-state index contributed by atoms with van der Waals surface area (Å²) < 4.78 is 19.1. The van der Waals surface area contributed by atoms with Crippen molar-refractivity contribution in [2.24, 2.45) is 5.41 Å². The van der Waals surface area contributed by atoms with Crippen molar-refractivity contribution in [1.29, 1.82) is 0 Å². The Morgan fingerprint density at radius 1 is 1.29 bits per heavy atom. The molecule has 1 aromatic rings. The number of halogens is 1. The highest BCUT2D eigenvalue weighted by molar-refractivity contribution is 5.31. The molecule has 0 spiro atoms. The number of nitrogens with one attached hydrogen (secondary N) is 1. The lowest BCUT2D eigenvalue weighted by atomic mass is 9.83. The number of rotatable bonds is 8. The maximum atomic E-state index is 14.1. The zero-order valence-corrected chi connectivity index (χ0v) is 14.1. The lowest BCUT2D eigenvalue weighted by Crippen LogP contribution is -2.40. The van der Waals surface area contributed by atoms with Gasteiger partial charge in [0.15, 0.2) is 11.6 Å². The van der Waals surface area contributed by atoms with Crippen LogP contribution in [0.5, 0.6) is 5.75 Å². The summed E-state index contributed by atoms with van der Waals surface area (Å²) in [6.07, 6.45) is 3.92. The lowest BCUT2D eigenvalue weighted by Gasteiger charge is -2.32. The Labute approximate surface area is 129 Å². The molecule has 0 amide bonds. The van der Waals surface area contributed by atoms with E-state index in [1.807, 2.05) is 12.1 Å². The average molecular weight is 295 g/mol. The van der Waals surface area contributed by atoms with Gasteiger partial charge in [-0.3, -0.25) is 0 Å². The third-order valence-electron chi connectivity index (χ3n) is 3.89. The summed E-state index contributed by atoms with van der Waals surface area (Å²) in [5.41, 5.74) is 0.972. The van der Waals surface area contributed by atoms with E-state index in [9.17, 15) is 4.39 Å². The molecule has 0 aliphatic heterocycles. The minimum Gasteiger partial charge on any atom is -0.494 e. The molecule has 3 heteroatoms. The summed E-state index contributed by atoms with van der Waals surface area (Å²) in [5, 5.41) is 3.61. The fourth-order valence-corrected chi connectivity index (χ4v) is 2.56. The molecule has 0 radical (unpaired) electrons. The number of aryl methyl sites for hydroxylation is 1. The van der Waals surface area contributed by atoms with Crippen LogP contribution in [0.1, 0.15) is 52.5 Å². The van der Waals surface area contributed by atoms with Gasteiger partial charge in [0, 0.05) is 6.04 Å². The Balaban J connectivity index is 2.58. The van der Waals surface area contributed by atoms with Crippen LogP contribution in [0.4, 0.5) is 4.39 Å². The minimum atomic E-state index is -0.214. The van der Waals surface area contributed by atoms with E-state index in [0.29, 0.717) is 11.8 Å². The number of hydrogen-bond acceptors (Lipinski definition) is 2. The third kappa shape index (κ3) is 5.66. The Morgan fingerprint density at radius 3 is 2.57 bits per heavy atom. The molecule has 0 bridgehead atoms. The molecular formula is C18H30FNO. The molecule has 1 aromatic carbocycles. The van der Waals surface area contributed by atoms with E-state index < -0.39 is 0 Å². The van der Waals surface area contributed by atoms with E-state index in [2.05, 4.69) is 33.0 Å². The standard InChI is InChI=1S/C18H30FNO/c1-6-13-20-16(18(2,3)4)12-8-10-14-9-7-11-15(21-5)17(14)19/h7,9,11,16,20H,6,8,10,12-13H2,1-5H3. The number of methoxy groups -OCH3 is 1. The van der Waals surface area contributed by atoms with Crippen molar-refractivity contribution in [3.8, 4) is 5.75 Å². The summed E-state index contributed by atoms with van der Waals surface area (Å²) in [6, 6.07) is 5.84. The van der Waals surface area contributed by atoms with E-state index in [1.54, 1.807) is 6.07 Å². The van der Waals surface area contributed by atoms with E-state index in [4.69, 9.17) is 4.74 Å². The van der Waals surface area contributed by atoms with Crippen molar-refractivity contribution in [2.45, 2.75) is 59.4 Å². The van der Waals surface area contributed by atoms with Crippen LogP contribution in [0.15, 0.2) is 18.2 Å². The van der Waals surface area contributed by atoms with Crippen LogP contribution < -0.4 is 10.1 Å². The zero-order chi connectivity index (χ0) is 15.9. The van der Waals surface area contributed by atoms with Gasteiger partial charge in [-0.2, -0.15) is 0 Å². The molecule has 0 saturated heterocycles. The Hall–Kier alpha value is -1.09. The number of benzene rings is 1. The van der Waals surface area contributed by atoms with E-state index >= 15 is 0 Å². The summed E-state index contributed by atoms with van der Waals surface area (Å²) in [4.78, 5) is 0. The summed E-state index contributed by atoms with van der Waals surface area (Å²) >= 11 is 0. The van der Waals surface area contributed by atoms with Gasteiger partial charge in [-0.1, -0.05) is 39.8 Å². The maximum absolute atomic E-state index is 14.1. The van der Waals surface area contributed by atoms with Gasteiger partial charge in [-0.15, -0.1) is 0 Å². The van der Waals surface area contributed by atoms with E-state index in [0.717, 1.165) is 37.8 Å². The van der Waals surface area contributed by atoms with Crippen LogP contribution in [0.2, 0.25) is 0 Å². The van der Waals surface area contributed by atoms with Crippen molar-refractivity contribution in [2.75, 3.05) is 13.7 Å². The van der Waals surface area contributed by atoms with Gasteiger partial charge in [0.1, 0.15) is 0 Å². The maximum Gasteiger partial charge on any atom is 0.168 e. The van der Waals surface area contributed by atoms with Crippen molar-refractivity contribution >= 4 is 0 Å². The molecule has 1 rings (SSSR count). The number of hydrogen-bond donors (Lipinski definition) is 1. The topological polar surface area (TPSA) is 21.3 Å². The molecule has 0 heterocycles. The molecule has 2 nitrogen and oxygen atoms in total. The Kier molecular flexibility index (Phi) is 7.16. The molecule has 0 aromatic heterocycles. The summed E-state index contributed by atoms with van der Waals surface area (Å²) in [7, 11) is 1.51. The smallest absolute Gasteiger partial charge is 0.168 e. The largest absolute Gasteiger partial charge is 0.494 e. The number of ether oxygens (including phenoxy) is 1. The Morgan fingerprint density at radius 2 is 2.00 bits per heavy atom. The fourth-order valence-electron chi connectivity index (χ4n) is 2.56. The van der Waals surface area contributed by atoms with Crippen LogP contribution in [0.3, 0.4) is 0 Å². The average Bonchev–Trinajstić information content (AvgIpc) is 2.43. The predicted molar refractivity (Wildman–Crippen MR) is 87.4 cm³/mol. The zero-order valence-electron chi connectivity index (χ0n) is 14.1. The Bertz CT molecular complexity index is 426. The molecule has 0 fully saturated rings.